The number of fused-ring (bicyclic) bond motifs is 5. The first-order chi connectivity index (χ1) is 20.0. The predicted octanol–water partition coefficient (Wildman–Crippen LogP) is 7.32. The number of halogens is 1. The number of nitrogens with zero attached hydrogens (tertiary/aromatic N) is 1. The van der Waals surface area contributed by atoms with Crippen LogP contribution >= 0.6 is 23.5 Å². The number of benzene rings is 2. The topological polar surface area (TPSA) is 61.8 Å². The Balaban J connectivity index is 1.24. The highest BCUT2D eigenvalue weighted by molar-refractivity contribution is 7.98. The van der Waals surface area contributed by atoms with Crippen LogP contribution in [0.4, 0.5) is 5.69 Å². The van der Waals surface area contributed by atoms with Crippen LogP contribution in [0.3, 0.4) is 0 Å². The van der Waals surface area contributed by atoms with E-state index in [1.54, 1.807) is 11.9 Å². The van der Waals surface area contributed by atoms with Gasteiger partial charge >= 0.3 is 0 Å². The highest BCUT2D eigenvalue weighted by Gasteiger charge is 2.44. The zero-order valence-corrected chi connectivity index (χ0v) is 25.5. The van der Waals surface area contributed by atoms with E-state index in [1.165, 1.54) is 30.4 Å². The average molecular weight is 595 g/mol. The summed E-state index contributed by atoms with van der Waals surface area (Å²) in [6.45, 7) is 2.34. The van der Waals surface area contributed by atoms with Crippen molar-refractivity contribution in [3.8, 4) is 5.75 Å². The quantitative estimate of drug-likeness (QED) is 0.313. The van der Waals surface area contributed by atoms with Crippen molar-refractivity contribution < 1.29 is 14.6 Å². The Bertz CT molecular complexity index is 1290. The van der Waals surface area contributed by atoms with Crippen molar-refractivity contribution in [2.75, 3.05) is 24.6 Å². The van der Waals surface area contributed by atoms with Crippen LogP contribution in [0.5, 0.6) is 5.75 Å². The Kier molecular flexibility index (Phi) is 7.93. The molecule has 1 spiro atoms. The fourth-order valence-electron chi connectivity index (χ4n) is 8.52. The Labute approximate surface area is 253 Å². The number of hydrogen-bond acceptors (Lipinski definition) is 5. The molecule has 220 valence electrons. The van der Waals surface area contributed by atoms with Crippen LogP contribution in [0, 0.1) is 17.8 Å². The molecule has 2 fully saturated rings. The molecular formula is C34H43ClN2O3S. The molecule has 0 unspecified atom stereocenters. The molecule has 5 nitrogen and oxygen atoms in total. The third kappa shape index (κ3) is 5.49. The van der Waals surface area contributed by atoms with E-state index < -0.39 is 0 Å². The molecule has 41 heavy (non-hydrogen) atoms. The Morgan fingerprint density at radius 2 is 1.85 bits per heavy atom. The molecule has 7 rings (SSSR count). The summed E-state index contributed by atoms with van der Waals surface area (Å²) in [5.41, 5.74) is 4.27. The molecule has 7 heteroatoms. The zero-order valence-electron chi connectivity index (χ0n) is 24.0. The molecule has 2 aliphatic heterocycles. The van der Waals surface area contributed by atoms with E-state index in [9.17, 15) is 9.90 Å². The molecule has 3 aliphatic carbocycles. The van der Waals surface area contributed by atoms with Crippen LogP contribution in [0.1, 0.15) is 92.1 Å². The monoisotopic (exact) mass is 594 g/mol. The molecule has 2 N–H and O–H groups in total. The number of anilines is 1. The number of amides is 1. The molecule has 2 saturated carbocycles. The number of carbonyl (C=O) groups is 1. The van der Waals surface area contributed by atoms with Crippen molar-refractivity contribution in [2.24, 2.45) is 17.8 Å². The summed E-state index contributed by atoms with van der Waals surface area (Å²) in [5.74, 6) is 2.27. The molecular weight excluding hydrogens is 552 g/mol. The Hall–Kier alpha value is -1.89. The Morgan fingerprint density at radius 1 is 0.976 bits per heavy atom. The van der Waals surface area contributed by atoms with Crippen LogP contribution in [-0.2, 0) is 11.8 Å². The summed E-state index contributed by atoms with van der Waals surface area (Å²) >= 11 is 8.06. The van der Waals surface area contributed by atoms with Crippen molar-refractivity contribution in [1.82, 2.24) is 4.72 Å². The largest absolute Gasteiger partial charge is 0.490 e. The van der Waals surface area contributed by atoms with Crippen molar-refractivity contribution in [3.63, 3.8) is 0 Å². The fourth-order valence-corrected chi connectivity index (χ4v) is 9.84. The van der Waals surface area contributed by atoms with Gasteiger partial charge in [-0.2, -0.15) is 0 Å². The van der Waals surface area contributed by atoms with E-state index >= 15 is 0 Å². The van der Waals surface area contributed by atoms with E-state index in [2.05, 4.69) is 27.8 Å². The van der Waals surface area contributed by atoms with Crippen molar-refractivity contribution >= 4 is 35.1 Å². The summed E-state index contributed by atoms with van der Waals surface area (Å²) in [6.07, 6.45) is 13.3. The van der Waals surface area contributed by atoms with Crippen LogP contribution < -0.4 is 14.4 Å². The van der Waals surface area contributed by atoms with E-state index in [0.717, 1.165) is 87.3 Å². The summed E-state index contributed by atoms with van der Waals surface area (Å²) in [4.78, 5) is 16.0. The van der Waals surface area contributed by atoms with Crippen LogP contribution in [0.25, 0.3) is 0 Å². The minimum atomic E-state index is -0.225. The van der Waals surface area contributed by atoms with Gasteiger partial charge in [-0.05, 0) is 129 Å². The smallest absolute Gasteiger partial charge is 0.261 e. The van der Waals surface area contributed by atoms with Gasteiger partial charge in [0, 0.05) is 34.3 Å². The van der Waals surface area contributed by atoms with Gasteiger partial charge in [0.25, 0.3) is 5.91 Å². The normalized spacial score (nSPS) is 33.8. The number of aliphatic hydroxyl groups excluding tert-OH is 1. The van der Waals surface area contributed by atoms with Gasteiger partial charge in [-0.15, -0.1) is 0 Å². The molecule has 5 aliphatic rings. The number of ether oxygens (including phenoxy) is 1. The second kappa shape index (κ2) is 11.7. The van der Waals surface area contributed by atoms with Gasteiger partial charge in [-0.1, -0.05) is 36.9 Å². The minimum absolute atomic E-state index is 0.0114. The van der Waals surface area contributed by atoms with E-state index in [1.807, 2.05) is 18.2 Å². The number of rotatable bonds is 0. The highest BCUT2D eigenvalue weighted by Crippen LogP contribution is 2.47. The van der Waals surface area contributed by atoms with E-state index in [-0.39, 0.29) is 17.4 Å². The van der Waals surface area contributed by atoms with Crippen LogP contribution in [0.15, 0.2) is 36.4 Å². The number of carbonyl (C=O) groups excluding carboxylic acids is 1. The molecule has 2 heterocycles. The molecule has 2 aromatic carbocycles. The number of aliphatic hydroxyl groups is 1. The summed E-state index contributed by atoms with van der Waals surface area (Å²) in [5, 5.41) is 12.6. The first-order valence-corrected chi connectivity index (χ1v) is 17.2. The van der Waals surface area contributed by atoms with Gasteiger partial charge in [0.15, 0.2) is 0 Å². The third-order valence-corrected chi connectivity index (χ3v) is 12.4. The molecule has 2 aromatic rings. The minimum Gasteiger partial charge on any atom is -0.490 e. The second-order valence-corrected chi connectivity index (χ2v) is 14.9. The van der Waals surface area contributed by atoms with Gasteiger partial charge < -0.3 is 14.7 Å². The van der Waals surface area contributed by atoms with E-state index in [4.69, 9.17) is 16.3 Å². The number of hydrogen-bond donors (Lipinski definition) is 2. The molecule has 0 aromatic heterocycles. The second-order valence-electron chi connectivity index (χ2n) is 13.4. The van der Waals surface area contributed by atoms with Gasteiger partial charge in [-0.3, -0.25) is 9.52 Å². The van der Waals surface area contributed by atoms with Crippen molar-refractivity contribution in [1.29, 1.82) is 0 Å². The third-order valence-electron chi connectivity index (χ3n) is 10.9. The highest BCUT2D eigenvalue weighted by atomic mass is 35.5. The number of aryl methyl sites for hydroxylation is 1. The van der Waals surface area contributed by atoms with Gasteiger partial charge in [0.05, 0.1) is 18.4 Å². The zero-order chi connectivity index (χ0) is 28.0. The lowest BCUT2D eigenvalue weighted by molar-refractivity contribution is 0.00829. The van der Waals surface area contributed by atoms with Crippen LogP contribution in [0.2, 0.25) is 5.02 Å². The predicted molar refractivity (Wildman–Crippen MR) is 167 cm³/mol. The lowest BCUT2D eigenvalue weighted by Crippen LogP contribution is -2.49. The molecule has 0 radical (unpaired) electrons. The van der Waals surface area contributed by atoms with Crippen LogP contribution in [-0.4, -0.2) is 42.1 Å². The summed E-state index contributed by atoms with van der Waals surface area (Å²) in [7, 11) is 0. The van der Waals surface area contributed by atoms with Gasteiger partial charge in [-0.25, -0.2) is 0 Å². The lowest BCUT2D eigenvalue weighted by Gasteiger charge is -2.46. The van der Waals surface area contributed by atoms with Gasteiger partial charge in [0.1, 0.15) is 5.75 Å². The number of nitrogens with one attached hydrogen (secondary N) is 1. The maximum Gasteiger partial charge on any atom is 0.261 e. The summed E-state index contributed by atoms with van der Waals surface area (Å²) in [6, 6.07) is 12.4. The molecule has 0 saturated heterocycles. The SMILES string of the molecule is O=C1NS[C@@H]2CCCC[C@H]2CCC[C@H](O)[C@@H]2CC[C@H]2CN2C[C@@]3(CCCc4cc(Cl)ccc43)COc3ccc1cc32. The maximum atomic E-state index is 13.5. The van der Waals surface area contributed by atoms with E-state index in [0.29, 0.717) is 35.2 Å². The van der Waals surface area contributed by atoms with Crippen molar-refractivity contribution in [2.45, 2.75) is 93.8 Å². The average Bonchev–Trinajstić information content (AvgIpc) is 3.11. The lowest BCUT2D eigenvalue weighted by atomic mass is 9.68. The molecule has 6 atom stereocenters. The maximum absolute atomic E-state index is 13.5. The first kappa shape index (κ1) is 27.9. The molecule has 1 amide bonds. The van der Waals surface area contributed by atoms with Gasteiger partial charge in [0.2, 0.25) is 0 Å². The first-order valence-electron chi connectivity index (χ1n) is 15.9. The fraction of sp³-hybridized carbons (Fsp3) is 0.618. The van der Waals surface area contributed by atoms with Crippen molar-refractivity contribution in [3.05, 3.63) is 58.1 Å². The standard InChI is InChI=1S/C34H43ClN2O3S/c35-26-12-14-28-23(17-26)7-4-16-34(28)20-37-19-25-10-13-27(25)30(38)8-3-6-22-5-1-2-9-32(22)41-36-33(39)24-11-15-31(40-21-34)29(37)18-24/h11-12,14-15,17-18,22,25,27,30,32,38H,1-10,13,16,19-21H2,(H,36,39)/t22-,25-,27+,30-,32+,34-/m0/s1. The Morgan fingerprint density at radius 3 is 2.73 bits per heavy atom. The molecule has 2 bridgehead atoms. The summed E-state index contributed by atoms with van der Waals surface area (Å²) < 4.78 is 9.87.